The van der Waals surface area contributed by atoms with Crippen molar-refractivity contribution in [1.29, 1.82) is 0 Å². The van der Waals surface area contributed by atoms with Crippen LogP contribution < -0.4 is 10.5 Å². The molecule has 0 saturated carbocycles. The zero-order valence-electron chi connectivity index (χ0n) is 9.16. The van der Waals surface area contributed by atoms with Gasteiger partial charge in [-0.1, -0.05) is 18.2 Å². The molecule has 1 heterocycles. The monoisotopic (exact) mass is 282 g/mol. The molecule has 0 aliphatic carbocycles. The number of hydrogen-bond acceptors (Lipinski definition) is 4. The highest BCUT2D eigenvalue weighted by atomic mass is 32.2. The molecule has 7 heteroatoms. The summed E-state index contributed by atoms with van der Waals surface area (Å²) >= 11 is 1.03. The topological polar surface area (TPSA) is 89.3 Å². The Morgan fingerprint density at radius 3 is 2.44 bits per heavy atom. The molecule has 1 aromatic heterocycles. The molecule has 1 aromatic carbocycles. The fraction of sp³-hybridized carbons (Fsp3) is 0. The molecule has 5 nitrogen and oxygen atoms in total. The molecule has 0 atom stereocenters. The smallest absolute Gasteiger partial charge is 0.265 e. The van der Waals surface area contributed by atoms with Gasteiger partial charge in [0.1, 0.15) is 0 Å². The number of para-hydroxylation sites is 1. The van der Waals surface area contributed by atoms with Crippen LogP contribution in [-0.4, -0.2) is 14.3 Å². The molecule has 0 bridgehead atoms. The second-order valence-electron chi connectivity index (χ2n) is 3.51. The predicted molar refractivity (Wildman–Crippen MR) is 70.1 cm³/mol. The average molecular weight is 282 g/mol. The summed E-state index contributed by atoms with van der Waals surface area (Å²) in [4.78, 5) is 12.1. The number of hydrogen-bond donors (Lipinski definition) is 2. The predicted octanol–water partition coefficient (Wildman–Crippen LogP) is 1.65. The largest absolute Gasteiger partial charge is 0.321 e. The van der Waals surface area contributed by atoms with E-state index in [1.807, 2.05) is 6.07 Å². The van der Waals surface area contributed by atoms with Crippen molar-refractivity contribution in [3.63, 3.8) is 0 Å². The molecular formula is C11H10N2O3S2. The summed E-state index contributed by atoms with van der Waals surface area (Å²) in [6.07, 6.45) is 0. The Bertz CT molecular complexity index is 663. The third-order valence-corrected chi connectivity index (χ3v) is 4.13. The second-order valence-corrected chi connectivity index (χ2v) is 5.98. The summed E-state index contributed by atoms with van der Waals surface area (Å²) in [5.74, 6) is -0.360. The van der Waals surface area contributed by atoms with Crippen molar-refractivity contribution in [1.82, 2.24) is 0 Å². The molecule has 0 unspecified atom stereocenters. The first-order valence-corrected chi connectivity index (χ1v) is 7.37. The molecule has 0 spiro atoms. The lowest BCUT2D eigenvalue weighted by Crippen LogP contribution is -2.12. The maximum atomic E-state index is 11.8. The Labute approximate surface area is 108 Å². The fourth-order valence-electron chi connectivity index (χ4n) is 1.30. The van der Waals surface area contributed by atoms with Crippen LogP contribution in [-0.2, 0) is 10.0 Å². The Balaban J connectivity index is 2.18. The number of thiophene rings is 1. The van der Waals surface area contributed by atoms with E-state index in [1.165, 1.54) is 11.4 Å². The number of anilines is 1. The molecule has 2 rings (SSSR count). The van der Waals surface area contributed by atoms with Crippen LogP contribution in [0.4, 0.5) is 5.69 Å². The molecule has 18 heavy (non-hydrogen) atoms. The van der Waals surface area contributed by atoms with Crippen LogP contribution in [0.25, 0.3) is 0 Å². The van der Waals surface area contributed by atoms with Crippen molar-refractivity contribution in [3.8, 4) is 0 Å². The number of nitrogens with two attached hydrogens (primary N) is 1. The van der Waals surface area contributed by atoms with Crippen LogP contribution in [0.15, 0.2) is 46.7 Å². The standard InChI is InChI=1S/C11H10N2O3S2/c12-18(15,16)9-6-10(17-7-9)11(14)13-8-4-2-1-3-5-8/h1-7H,(H,13,14)(H2,12,15,16). The summed E-state index contributed by atoms with van der Waals surface area (Å²) in [6, 6.07) is 10.2. The summed E-state index contributed by atoms with van der Waals surface area (Å²) in [5.41, 5.74) is 0.646. The van der Waals surface area contributed by atoms with Crippen molar-refractivity contribution < 1.29 is 13.2 Å². The first-order valence-electron chi connectivity index (χ1n) is 4.94. The highest BCUT2D eigenvalue weighted by Gasteiger charge is 2.15. The molecule has 94 valence electrons. The van der Waals surface area contributed by atoms with Gasteiger partial charge in [0.05, 0.1) is 9.77 Å². The molecule has 1 amide bonds. The van der Waals surface area contributed by atoms with E-state index in [0.29, 0.717) is 10.6 Å². The maximum Gasteiger partial charge on any atom is 0.265 e. The lowest BCUT2D eigenvalue weighted by molar-refractivity contribution is 0.103. The summed E-state index contributed by atoms with van der Waals surface area (Å²) in [6.45, 7) is 0. The molecule has 2 aromatic rings. The SMILES string of the molecule is NS(=O)(=O)c1csc(C(=O)Nc2ccccc2)c1. The minimum Gasteiger partial charge on any atom is -0.321 e. The molecule has 0 aliphatic rings. The van der Waals surface area contributed by atoms with E-state index in [4.69, 9.17) is 5.14 Å². The average Bonchev–Trinajstić information content (AvgIpc) is 2.79. The Morgan fingerprint density at radius 1 is 1.22 bits per heavy atom. The van der Waals surface area contributed by atoms with E-state index < -0.39 is 10.0 Å². The van der Waals surface area contributed by atoms with Crippen LogP contribution in [0.1, 0.15) is 9.67 Å². The summed E-state index contributed by atoms with van der Waals surface area (Å²) < 4.78 is 22.2. The second kappa shape index (κ2) is 4.89. The minimum absolute atomic E-state index is 0.0503. The van der Waals surface area contributed by atoms with E-state index in [0.717, 1.165) is 11.3 Å². The van der Waals surface area contributed by atoms with Crippen LogP contribution in [0.5, 0.6) is 0 Å². The van der Waals surface area contributed by atoms with Crippen molar-refractivity contribution in [3.05, 3.63) is 46.7 Å². The van der Waals surface area contributed by atoms with Gasteiger partial charge in [-0.3, -0.25) is 4.79 Å². The van der Waals surface area contributed by atoms with Gasteiger partial charge in [-0.15, -0.1) is 11.3 Å². The quantitative estimate of drug-likeness (QED) is 0.897. The lowest BCUT2D eigenvalue weighted by atomic mass is 10.3. The molecule has 3 N–H and O–H groups in total. The minimum atomic E-state index is -3.76. The number of amides is 1. The molecule has 0 saturated heterocycles. The third kappa shape index (κ3) is 2.95. The van der Waals surface area contributed by atoms with Gasteiger partial charge in [0.15, 0.2) is 0 Å². The molecule has 0 aliphatic heterocycles. The van der Waals surface area contributed by atoms with E-state index >= 15 is 0 Å². The van der Waals surface area contributed by atoms with Crippen molar-refractivity contribution in [2.75, 3.05) is 5.32 Å². The Morgan fingerprint density at radius 2 is 1.89 bits per heavy atom. The summed E-state index contributed by atoms with van der Waals surface area (Å²) in [7, 11) is -3.76. The van der Waals surface area contributed by atoms with Gasteiger partial charge in [0, 0.05) is 11.1 Å². The summed E-state index contributed by atoms with van der Waals surface area (Å²) in [5, 5.41) is 8.97. The van der Waals surface area contributed by atoms with Gasteiger partial charge in [0.25, 0.3) is 5.91 Å². The van der Waals surface area contributed by atoms with Gasteiger partial charge in [0.2, 0.25) is 10.0 Å². The van der Waals surface area contributed by atoms with Gasteiger partial charge in [-0.2, -0.15) is 0 Å². The van der Waals surface area contributed by atoms with Gasteiger partial charge in [-0.05, 0) is 18.2 Å². The van der Waals surface area contributed by atoms with Crippen LogP contribution >= 0.6 is 11.3 Å². The maximum absolute atomic E-state index is 11.8. The number of primary sulfonamides is 1. The Hall–Kier alpha value is -1.70. The Kier molecular flexibility index (Phi) is 3.46. The first kappa shape index (κ1) is 12.7. The van der Waals surface area contributed by atoms with Crippen molar-refractivity contribution >= 4 is 33.0 Å². The van der Waals surface area contributed by atoms with Crippen LogP contribution in [0.3, 0.4) is 0 Å². The van der Waals surface area contributed by atoms with E-state index in [-0.39, 0.29) is 10.8 Å². The van der Waals surface area contributed by atoms with Crippen LogP contribution in [0.2, 0.25) is 0 Å². The zero-order valence-corrected chi connectivity index (χ0v) is 10.8. The number of nitrogens with one attached hydrogen (secondary N) is 1. The van der Waals surface area contributed by atoms with Gasteiger partial charge < -0.3 is 5.32 Å². The molecule has 0 radical (unpaired) electrons. The molecular weight excluding hydrogens is 272 g/mol. The number of benzene rings is 1. The van der Waals surface area contributed by atoms with E-state index in [9.17, 15) is 13.2 Å². The van der Waals surface area contributed by atoms with Crippen molar-refractivity contribution in [2.45, 2.75) is 4.90 Å². The van der Waals surface area contributed by atoms with Crippen molar-refractivity contribution in [2.24, 2.45) is 5.14 Å². The normalized spacial score (nSPS) is 11.2. The number of rotatable bonds is 3. The highest BCUT2D eigenvalue weighted by Crippen LogP contribution is 2.19. The van der Waals surface area contributed by atoms with Crippen LogP contribution in [0, 0.1) is 0 Å². The number of carbonyl (C=O) groups excluding carboxylic acids is 1. The first-order chi connectivity index (χ1) is 8.47. The number of sulfonamides is 1. The van der Waals surface area contributed by atoms with Gasteiger partial charge in [-0.25, -0.2) is 13.6 Å². The lowest BCUT2D eigenvalue weighted by Gasteiger charge is -2.01. The fourth-order valence-corrected chi connectivity index (χ4v) is 3.00. The zero-order chi connectivity index (χ0) is 13.2. The van der Waals surface area contributed by atoms with Gasteiger partial charge >= 0.3 is 0 Å². The highest BCUT2D eigenvalue weighted by molar-refractivity contribution is 7.89. The number of carbonyl (C=O) groups is 1. The van der Waals surface area contributed by atoms with E-state index in [1.54, 1.807) is 24.3 Å². The molecule has 0 fully saturated rings. The third-order valence-electron chi connectivity index (χ3n) is 2.16. The van der Waals surface area contributed by atoms with E-state index in [2.05, 4.69) is 5.32 Å².